The van der Waals surface area contributed by atoms with Crippen molar-refractivity contribution in [2.24, 2.45) is 0 Å². The number of aliphatic carboxylic acids is 1. The van der Waals surface area contributed by atoms with Crippen molar-refractivity contribution in [2.45, 2.75) is 42.9 Å². The number of halogens is 2. The number of hydrogen-bond donors (Lipinski definition) is 2. The lowest BCUT2D eigenvalue weighted by Gasteiger charge is -2.16. The van der Waals surface area contributed by atoms with Crippen molar-refractivity contribution in [3.63, 3.8) is 0 Å². The summed E-state index contributed by atoms with van der Waals surface area (Å²) < 4.78 is 47.9. The number of benzene rings is 1. The van der Waals surface area contributed by atoms with Gasteiger partial charge in [-0.2, -0.15) is 8.78 Å². The van der Waals surface area contributed by atoms with Crippen molar-refractivity contribution in [3.05, 3.63) is 28.3 Å². The zero-order valence-electron chi connectivity index (χ0n) is 12.6. The summed E-state index contributed by atoms with van der Waals surface area (Å²) in [5.74, 6) is -4.95. The van der Waals surface area contributed by atoms with Crippen molar-refractivity contribution in [1.29, 1.82) is 0 Å². The van der Waals surface area contributed by atoms with Crippen molar-refractivity contribution >= 4 is 27.2 Å². The molecule has 0 aromatic heterocycles. The lowest BCUT2D eigenvalue weighted by Crippen LogP contribution is -2.29. The van der Waals surface area contributed by atoms with E-state index in [1.807, 2.05) is 6.92 Å². The molecule has 11 heteroatoms. The van der Waals surface area contributed by atoms with Gasteiger partial charge < -0.3 is 10.4 Å². The number of nitro groups is 1. The normalized spacial score (nSPS) is 12.8. The Labute approximate surface area is 136 Å². The maximum atomic E-state index is 12.5. The Bertz CT molecular complexity index is 723. The van der Waals surface area contributed by atoms with Gasteiger partial charge in [0.2, 0.25) is 9.84 Å². The highest BCUT2D eigenvalue weighted by atomic mass is 32.2. The zero-order chi connectivity index (χ0) is 18.5. The minimum atomic E-state index is -4.99. The Morgan fingerprint density at radius 1 is 1.42 bits per heavy atom. The number of alkyl halides is 2. The lowest BCUT2D eigenvalue weighted by atomic mass is 10.1. The average molecular weight is 366 g/mol. The third-order valence-electron chi connectivity index (χ3n) is 3.20. The molecule has 2 N–H and O–H groups in total. The van der Waals surface area contributed by atoms with E-state index in [0.29, 0.717) is 18.9 Å². The number of sulfone groups is 1. The summed E-state index contributed by atoms with van der Waals surface area (Å²) >= 11 is 0. The fraction of sp³-hybridized carbons (Fsp3) is 0.462. The summed E-state index contributed by atoms with van der Waals surface area (Å²) in [6, 6.07) is 1.05. The van der Waals surface area contributed by atoms with E-state index >= 15 is 0 Å². The molecule has 0 saturated heterocycles. The molecule has 0 spiro atoms. The second-order valence-corrected chi connectivity index (χ2v) is 6.84. The molecule has 8 nitrogen and oxygen atoms in total. The van der Waals surface area contributed by atoms with Gasteiger partial charge in [0.25, 0.3) is 5.69 Å². The molecule has 0 bridgehead atoms. The van der Waals surface area contributed by atoms with Crippen LogP contribution in [0.25, 0.3) is 0 Å². The van der Waals surface area contributed by atoms with E-state index in [0.717, 1.165) is 12.1 Å². The van der Waals surface area contributed by atoms with Gasteiger partial charge in [-0.15, -0.1) is 0 Å². The summed E-state index contributed by atoms with van der Waals surface area (Å²) in [5.41, 5.74) is -1.05. The lowest BCUT2D eigenvalue weighted by molar-refractivity contribution is -0.384. The SMILES string of the molecule is CCCC[C@H](Nc1ccc(S(=O)(=O)C(F)F)cc1[N+](=O)[O-])C(=O)O. The minimum Gasteiger partial charge on any atom is -0.480 e. The van der Waals surface area contributed by atoms with E-state index in [1.165, 1.54) is 0 Å². The van der Waals surface area contributed by atoms with Gasteiger partial charge in [0, 0.05) is 6.07 Å². The van der Waals surface area contributed by atoms with Gasteiger partial charge in [-0.3, -0.25) is 10.1 Å². The maximum Gasteiger partial charge on any atom is 0.341 e. The van der Waals surface area contributed by atoms with E-state index in [-0.39, 0.29) is 12.1 Å². The third kappa shape index (κ3) is 4.60. The maximum absolute atomic E-state index is 12.5. The first-order valence-corrected chi connectivity index (χ1v) is 8.45. The molecule has 0 amide bonds. The Morgan fingerprint density at radius 3 is 2.50 bits per heavy atom. The Hall–Kier alpha value is -2.30. The molecule has 134 valence electrons. The monoisotopic (exact) mass is 366 g/mol. The topological polar surface area (TPSA) is 127 Å². The molecule has 1 atom stereocenters. The van der Waals surface area contributed by atoms with Gasteiger partial charge in [-0.05, 0) is 18.6 Å². The molecule has 1 rings (SSSR count). The number of anilines is 1. The Morgan fingerprint density at radius 2 is 2.04 bits per heavy atom. The first-order valence-electron chi connectivity index (χ1n) is 6.91. The molecule has 0 saturated carbocycles. The highest BCUT2D eigenvalue weighted by molar-refractivity contribution is 7.91. The van der Waals surface area contributed by atoms with Crippen LogP contribution in [0, 0.1) is 10.1 Å². The summed E-state index contributed by atoms with van der Waals surface area (Å²) in [6.45, 7) is 1.84. The van der Waals surface area contributed by atoms with Crippen LogP contribution in [0.1, 0.15) is 26.2 Å². The van der Waals surface area contributed by atoms with Crippen LogP contribution in [-0.4, -0.2) is 36.2 Å². The van der Waals surface area contributed by atoms with Crippen molar-refractivity contribution in [1.82, 2.24) is 0 Å². The number of nitrogens with one attached hydrogen (secondary N) is 1. The summed E-state index contributed by atoms with van der Waals surface area (Å²) in [7, 11) is -4.99. The molecule has 24 heavy (non-hydrogen) atoms. The number of carboxylic acids is 1. The number of nitrogens with zero attached hydrogens (tertiary/aromatic N) is 1. The first kappa shape index (κ1) is 19.7. The summed E-state index contributed by atoms with van der Waals surface area (Å²) in [6.07, 6.45) is 1.45. The molecule has 0 radical (unpaired) electrons. The standard InChI is InChI=1S/C13H16F2N2O6S/c1-2-3-4-10(12(18)19)16-9-6-5-8(7-11(9)17(20)21)24(22,23)13(14)15/h5-7,10,13,16H,2-4H2,1H3,(H,18,19)/t10-/m0/s1. The van der Waals surface area contributed by atoms with E-state index in [2.05, 4.69) is 5.32 Å². The van der Waals surface area contributed by atoms with E-state index in [4.69, 9.17) is 5.11 Å². The molecular weight excluding hydrogens is 350 g/mol. The highest BCUT2D eigenvalue weighted by Gasteiger charge is 2.30. The first-order chi connectivity index (χ1) is 11.1. The summed E-state index contributed by atoms with van der Waals surface area (Å²) in [5, 5.41) is 22.6. The predicted octanol–water partition coefficient (Wildman–Crippen LogP) is 2.65. The predicted molar refractivity (Wildman–Crippen MR) is 80.9 cm³/mol. The van der Waals surface area contributed by atoms with Crippen LogP contribution in [0.4, 0.5) is 20.2 Å². The number of rotatable bonds is 9. The zero-order valence-corrected chi connectivity index (χ0v) is 13.4. The van der Waals surface area contributed by atoms with Gasteiger partial charge in [-0.1, -0.05) is 19.8 Å². The van der Waals surface area contributed by atoms with Crippen LogP contribution < -0.4 is 5.32 Å². The molecule has 1 aromatic carbocycles. The van der Waals surface area contributed by atoms with Crippen LogP contribution in [0.5, 0.6) is 0 Å². The van der Waals surface area contributed by atoms with E-state index in [9.17, 15) is 32.1 Å². The van der Waals surface area contributed by atoms with Gasteiger partial charge in [0.05, 0.1) is 9.82 Å². The van der Waals surface area contributed by atoms with E-state index < -0.39 is 43.1 Å². The largest absolute Gasteiger partial charge is 0.480 e. The van der Waals surface area contributed by atoms with Gasteiger partial charge in [-0.25, -0.2) is 13.2 Å². The second-order valence-electron chi connectivity index (χ2n) is 4.92. The average Bonchev–Trinajstić information content (AvgIpc) is 2.50. The summed E-state index contributed by atoms with van der Waals surface area (Å²) in [4.78, 5) is 20.4. The number of carbonyl (C=O) groups is 1. The van der Waals surface area contributed by atoms with Crippen molar-refractivity contribution in [3.8, 4) is 0 Å². The van der Waals surface area contributed by atoms with E-state index in [1.54, 1.807) is 0 Å². The molecule has 0 heterocycles. The van der Waals surface area contributed by atoms with Crippen LogP contribution in [0.2, 0.25) is 0 Å². The van der Waals surface area contributed by atoms with Gasteiger partial charge in [0.15, 0.2) is 0 Å². The fourth-order valence-electron chi connectivity index (χ4n) is 1.92. The Balaban J connectivity index is 3.25. The smallest absolute Gasteiger partial charge is 0.341 e. The van der Waals surface area contributed by atoms with Gasteiger partial charge in [0.1, 0.15) is 11.7 Å². The molecule has 0 aliphatic rings. The molecule has 0 aliphatic carbocycles. The number of carboxylic acid groups (broad SMARTS) is 1. The van der Waals surface area contributed by atoms with Crippen molar-refractivity contribution < 1.29 is 32.0 Å². The fourth-order valence-corrected chi connectivity index (χ4v) is 2.66. The number of unbranched alkanes of at least 4 members (excludes halogenated alkanes) is 1. The molecule has 0 fully saturated rings. The number of hydrogen-bond acceptors (Lipinski definition) is 6. The molecule has 0 aliphatic heterocycles. The van der Waals surface area contributed by atoms with Crippen LogP contribution in [0.15, 0.2) is 23.1 Å². The number of nitro benzene ring substituents is 1. The molecular formula is C13H16F2N2O6S. The second kappa shape index (κ2) is 7.99. The minimum absolute atomic E-state index is 0.195. The molecule has 1 aromatic rings. The third-order valence-corrected chi connectivity index (χ3v) is 4.58. The highest BCUT2D eigenvalue weighted by Crippen LogP contribution is 2.30. The van der Waals surface area contributed by atoms with Gasteiger partial charge >= 0.3 is 11.7 Å². The molecule has 0 unspecified atom stereocenters. The Kier molecular flexibility index (Phi) is 6.58. The van der Waals surface area contributed by atoms with Crippen molar-refractivity contribution in [2.75, 3.05) is 5.32 Å². The quantitative estimate of drug-likeness (QED) is 0.508. The van der Waals surface area contributed by atoms with Crippen LogP contribution >= 0.6 is 0 Å². The van der Waals surface area contributed by atoms with Crippen LogP contribution in [-0.2, 0) is 14.6 Å². The van der Waals surface area contributed by atoms with Crippen LogP contribution in [0.3, 0.4) is 0 Å².